The molecule has 2 aromatic rings. The number of hydrogen-bond donors (Lipinski definition) is 0. The molecule has 5 nitrogen and oxygen atoms in total. The molecule has 1 atom stereocenters. The molecule has 124 valence electrons. The van der Waals surface area contributed by atoms with Crippen LogP contribution in [0.4, 0.5) is 5.69 Å². The van der Waals surface area contributed by atoms with Crippen LogP contribution < -0.4 is 4.90 Å². The van der Waals surface area contributed by atoms with Crippen molar-refractivity contribution in [3.05, 3.63) is 59.4 Å². The number of nitrogens with zero attached hydrogens (tertiary/aromatic N) is 3. The van der Waals surface area contributed by atoms with E-state index in [-0.39, 0.29) is 30.8 Å². The lowest BCUT2D eigenvalue weighted by molar-refractivity contribution is -0.138. The molecule has 0 aliphatic carbocycles. The van der Waals surface area contributed by atoms with Gasteiger partial charge >= 0.3 is 0 Å². The van der Waals surface area contributed by atoms with Gasteiger partial charge in [-0.25, -0.2) is 0 Å². The zero-order valence-corrected chi connectivity index (χ0v) is 14.1. The van der Waals surface area contributed by atoms with E-state index in [1.54, 1.807) is 40.4 Å². The molecule has 0 radical (unpaired) electrons. The minimum atomic E-state index is -0.0880. The van der Waals surface area contributed by atoms with Gasteiger partial charge in [0, 0.05) is 35.7 Å². The van der Waals surface area contributed by atoms with Gasteiger partial charge < -0.3 is 9.80 Å². The smallest absolute Gasteiger partial charge is 0.246 e. The summed E-state index contributed by atoms with van der Waals surface area (Å²) in [6, 6.07) is 10.8. The molecule has 1 aliphatic heterocycles. The maximum Gasteiger partial charge on any atom is 0.246 e. The van der Waals surface area contributed by atoms with E-state index in [1.165, 1.54) is 0 Å². The average Bonchev–Trinajstić information content (AvgIpc) is 2.58. The Hall–Kier alpha value is -2.40. The topological polar surface area (TPSA) is 53.5 Å². The summed E-state index contributed by atoms with van der Waals surface area (Å²) < 4.78 is 0. The monoisotopic (exact) mass is 343 g/mol. The van der Waals surface area contributed by atoms with Crippen molar-refractivity contribution in [1.29, 1.82) is 0 Å². The standard InChI is InChI=1S/C18H18ClN3O2/c1-13-11-22(16-6-4-15(19)5-7-16)18(24)12-21(13)17(23)9-14-3-2-8-20-10-14/h2-8,10,13H,9,11-12H2,1H3. The lowest BCUT2D eigenvalue weighted by Crippen LogP contribution is -2.57. The molecule has 1 saturated heterocycles. The minimum absolute atomic E-state index is 0.0532. The molecule has 0 saturated carbocycles. The van der Waals surface area contributed by atoms with Crippen molar-refractivity contribution in [2.24, 2.45) is 0 Å². The molecular formula is C18H18ClN3O2. The zero-order valence-electron chi connectivity index (χ0n) is 13.4. The molecule has 2 amide bonds. The van der Waals surface area contributed by atoms with Gasteiger partial charge in [-0.15, -0.1) is 0 Å². The Morgan fingerprint density at radius 2 is 2.04 bits per heavy atom. The number of carbonyl (C=O) groups is 2. The van der Waals surface area contributed by atoms with Crippen LogP contribution in [-0.4, -0.2) is 40.8 Å². The maximum atomic E-state index is 12.5. The Bertz CT molecular complexity index is 734. The van der Waals surface area contributed by atoms with E-state index in [2.05, 4.69) is 4.98 Å². The highest BCUT2D eigenvalue weighted by Gasteiger charge is 2.33. The number of halogens is 1. The molecule has 0 N–H and O–H groups in total. The molecule has 6 heteroatoms. The third-order valence-corrected chi connectivity index (χ3v) is 4.37. The fraction of sp³-hybridized carbons (Fsp3) is 0.278. The number of piperazine rings is 1. The number of amides is 2. The number of aromatic nitrogens is 1. The van der Waals surface area contributed by atoms with Crippen LogP contribution >= 0.6 is 11.6 Å². The first-order valence-corrected chi connectivity index (χ1v) is 8.16. The van der Waals surface area contributed by atoms with E-state index in [1.807, 2.05) is 25.1 Å². The first kappa shape index (κ1) is 16.5. The van der Waals surface area contributed by atoms with Crippen LogP contribution in [0.1, 0.15) is 12.5 Å². The summed E-state index contributed by atoms with van der Waals surface area (Å²) in [5.41, 5.74) is 1.65. The quantitative estimate of drug-likeness (QED) is 0.860. The lowest BCUT2D eigenvalue weighted by Gasteiger charge is -2.39. The third-order valence-electron chi connectivity index (χ3n) is 4.12. The van der Waals surface area contributed by atoms with Gasteiger partial charge in [-0.2, -0.15) is 0 Å². The first-order valence-electron chi connectivity index (χ1n) is 7.79. The van der Waals surface area contributed by atoms with E-state index in [4.69, 9.17) is 11.6 Å². The molecule has 2 heterocycles. The number of hydrogen-bond acceptors (Lipinski definition) is 3. The van der Waals surface area contributed by atoms with Crippen molar-refractivity contribution < 1.29 is 9.59 Å². The second-order valence-corrected chi connectivity index (χ2v) is 6.33. The molecular weight excluding hydrogens is 326 g/mol. The van der Waals surface area contributed by atoms with Gasteiger partial charge in [0.25, 0.3) is 0 Å². The van der Waals surface area contributed by atoms with Crippen LogP contribution in [0, 0.1) is 0 Å². The lowest BCUT2D eigenvalue weighted by atomic mass is 10.1. The second-order valence-electron chi connectivity index (χ2n) is 5.89. The van der Waals surface area contributed by atoms with Gasteiger partial charge in [-0.3, -0.25) is 14.6 Å². The summed E-state index contributed by atoms with van der Waals surface area (Å²) in [5, 5.41) is 0.629. The van der Waals surface area contributed by atoms with Gasteiger partial charge in [0.2, 0.25) is 11.8 Å². The maximum absolute atomic E-state index is 12.5. The van der Waals surface area contributed by atoms with E-state index < -0.39 is 0 Å². The summed E-state index contributed by atoms with van der Waals surface area (Å²) in [7, 11) is 0. The van der Waals surface area contributed by atoms with Crippen molar-refractivity contribution in [3.63, 3.8) is 0 Å². The molecule has 1 aromatic carbocycles. The van der Waals surface area contributed by atoms with Gasteiger partial charge in [0.15, 0.2) is 0 Å². The summed E-state index contributed by atoms with van der Waals surface area (Å²) in [4.78, 5) is 32.4. The Morgan fingerprint density at radius 1 is 1.29 bits per heavy atom. The summed E-state index contributed by atoms with van der Waals surface area (Å²) in [6.07, 6.45) is 3.60. The molecule has 1 fully saturated rings. The molecule has 1 unspecified atom stereocenters. The normalized spacial score (nSPS) is 17.9. The number of rotatable bonds is 3. The highest BCUT2D eigenvalue weighted by Crippen LogP contribution is 2.22. The van der Waals surface area contributed by atoms with Gasteiger partial charge in [-0.05, 0) is 42.8 Å². The Balaban J connectivity index is 1.70. The predicted molar refractivity (Wildman–Crippen MR) is 92.9 cm³/mol. The van der Waals surface area contributed by atoms with Crippen LogP contribution in [0.3, 0.4) is 0 Å². The molecule has 1 aliphatic rings. The number of pyridine rings is 1. The predicted octanol–water partition coefficient (Wildman–Crippen LogP) is 2.54. The molecule has 0 bridgehead atoms. The minimum Gasteiger partial charge on any atom is -0.329 e. The van der Waals surface area contributed by atoms with Gasteiger partial charge in [0.05, 0.1) is 6.42 Å². The second kappa shape index (κ2) is 7.01. The largest absolute Gasteiger partial charge is 0.329 e. The van der Waals surface area contributed by atoms with Crippen molar-refractivity contribution >= 4 is 29.1 Å². The highest BCUT2D eigenvalue weighted by atomic mass is 35.5. The van der Waals surface area contributed by atoms with Crippen LogP contribution in [-0.2, 0) is 16.0 Å². The van der Waals surface area contributed by atoms with Crippen LogP contribution in [0.25, 0.3) is 0 Å². The number of anilines is 1. The van der Waals surface area contributed by atoms with E-state index in [0.717, 1.165) is 11.3 Å². The molecule has 1 aromatic heterocycles. The third kappa shape index (κ3) is 3.57. The molecule has 3 rings (SSSR count). The Kier molecular flexibility index (Phi) is 4.81. The summed E-state index contributed by atoms with van der Waals surface area (Å²) >= 11 is 5.90. The van der Waals surface area contributed by atoms with Crippen LogP contribution in [0.15, 0.2) is 48.8 Å². The van der Waals surface area contributed by atoms with Crippen LogP contribution in [0.2, 0.25) is 5.02 Å². The SMILES string of the molecule is CC1CN(c2ccc(Cl)cc2)C(=O)CN1C(=O)Cc1cccnc1. The number of carbonyl (C=O) groups excluding carboxylic acids is 2. The highest BCUT2D eigenvalue weighted by molar-refractivity contribution is 6.30. The zero-order chi connectivity index (χ0) is 17.1. The van der Waals surface area contributed by atoms with Crippen molar-refractivity contribution in [2.45, 2.75) is 19.4 Å². The summed E-state index contributed by atoms with van der Waals surface area (Å²) in [5.74, 6) is -0.144. The molecule has 24 heavy (non-hydrogen) atoms. The number of benzene rings is 1. The van der Waals surface area contributed by atoms with Gasteiger partial charge in [-0.1, -0.05) is 17.7 Å². The van der Waals surface area contributed by atoms with Crippen LogP contribution in [0.5, 0.6) is 0 Å². The van der Waals surface area contributed by atoms with Crippen molar-refractivity contribution in [1.82, 2.24) is 9.88 Å². The van der Waals surface area contributed by atoms with E-state index in [0.29, 0.717) is 11.6 Å². The fourth-order valence-corrected chi connectivity index (χ4v) is 2.96. The molecule has 0 spiro atoms. The van der Waals surface area contributed by atoms with E-state index in [9.17, 15) is 9.59 Å². The first-order chi connectivity index (χ1) is 11.5. The fourth-order valence-electron chi connectivity index (χ4n) is 2.83. The Labute approximate surface area is 145 Å². The van der Waals surface area contributed by atoms with Crippen molar-refractivity contribution in [3.8, 4) is 0 Å². The van der Waals surface area contributed by atoms with Crippen molar-refractivity contribution in [2.75, 3.05) is 18.0 Å². The van der Waals surface area contributed by atoms with Gasteiger partial charge in [0.1, 0.15) is 6.54 Å². The Morgan fingerprint density at radius 3 is 2.71 bits per heavy atom. The van der Waals surface area contributed by atoms with E-state index >= 15 is 0 Å². The average molecular weight is 344 g/mol. The summed E-state index contributed by atoms with van der Waals surface area (Å²) in [6.45, 7) is 2.51.